The summed E-state index contributed by atoms with van der Waals surface area (Å²) in [5.74, 6) is -1.05. The van der Waals surface area contributed by atoms with Crippen molar-refractivity contribution >= 4 is 38.5 Å². The van der Waals surface area contributed by atoms with E-state index >= 15 is 0 Å². The number of ether oxygens (including phenoxy) is 1. The van der Waals surface area contributed by atoms with E-state index in [-0.39, 0.29) is 5.56 Å². The van der Waals surface area contributed by atoms with Gasteiger partial charge in [-0.2, -0.15) is 0 Å². The number of fused-ring (bicyclic) bond motifs is 1. The van der Waals surface area contributed by atoms with Gasteiger partial charge >= 0.3 is 5.97 Å². The van der Waals surface area contributed by atoms with Crippen molar-refractivity contribution in [3.05, 3.63) is 65.4 Å². The quantitative estimate of drug-likeness (QED) is 0.599. The molecule has 0 saturated heterocycles. The van der Waals surface area contributed by atoms with Gasteiger partial charge in [-0.05, 0) is 43.2 Å². The monoisotopic (exact) mass is 414 g/mol. The zero-order valence-corrected chi connectivity index (χ0v) is 17.5. The third-order valence-electron chi connectivity index (χ3n) is 4.84. The Labute approximate surface area is 169 Å². The second kappa shape index (κ2) is 7.71. The van der Waals surface area contributed by atoms with Gasteiger partial charge in [-0.1, -0.05) is 24.3 Å². The van der Waals surface area contributed by atoms with Crippen LogP contribution in [0.15, 0.2) is 48.7 Å². The Morgan fingerprint density at radius 1 is 1.07 bits per heavy atom. The van der Waals surface area contributed by atoms with Crippen LogP contribution in [0.4, 0.5) is 5.69 Å². The molecule has 0 aliphatic rings. The second-order valence-corrected chi connectivity index (χ2v) is 8.76. The van der Waals surface area contributed by atoms with Gasteiger partial charge < -0.3 is 4.74 Å². The zero-order chi connectivity index (χ0) is 21.3. The van der Waals surface area contributed by atoms with Gasteiger partial charge in [-0.3, -0.25) is 13.7 Å². The molecule has 0 spiro atoms. The van der Waals surface area contributed by atoms with Crippen molar-refractivity contribution in [2.24, 2.45) is 0 Å². The van der Waals surface area contributed by atoms with Crippen molar-refractivity contribution in [3.8, 4) is 0 Å². The molecular formula is C21H22N2O5S. The number of hydrogen-bond acceptors (Lipinski definition) is 5. The molecule has 1 heterocycles. The second-order valence-electron chi connectivity index (χ2n) is 6.85. The lowest BCUT2D eigenvalue weighted by Gasteiger charge is -2.22. The van der Waals surface area contributed by atoms with Crippen molar-refractivity contribution in [2.75, 3.05) is 24.2 Å². The number of carbonyl (C=O) groups excluding carboxylic acids is 2. The molecule has 0 bridgehead atoms. The first-order valence-corrected chi connectivity index (χ1v) is 10.7. The van der Waals surface area contributed by atoms with Crippen LogP contribution in [0, 0.1) is 13.8 Å². The molecule has 3 rings (SSSR count). The molecule has 0 aliphatic carbocycles. The summed E-state index contributed by atoms with van der Waals surface area (Å²) in [6, 6.07) is 12.1. The third-order valence-corrected chi connectivity index (χ3v) is 5.98. The van der Waals surface area contributed by atoms with Gasteiger partial charge in [0.25, 0.3) is 5.91 Å². The fraction of sp³-hybridized carbons (Fsp3) is 0.238. The van der Waals surface area contributed by atoms with Crippen LogP contribution in [0.25, 0.3) is 10.9 Å². The number of methoxy groups -OCH3 is 1. The van der Waals surface area contributed by atoms with E-state index < -0.39 is 28.4 Å². The molecule has 0 amide bonds. The number of nitrogens with zero attached hydrogens (tertiary/aromatic N) is 2. The molecular weight excluding hydrogens is 392 g/mol. The van der Waals surface area contributed by atoms with E-state index in [0.29, 0.717) is 16.6 Å². The summed E-state index contributed by atoms with van der Waals surface area (Å²) in [6.45, 7) is 3.40. The average Bonchev–Trinajstić information content (AvgIpc) is 3.06. The number of aryl methyl sites for hydroxylation is 2. The number of anilines is 1. The number of carbonyl (C=O) groups is 2. The Bertz CT molecular complexity index is 1210. The maximum absolute atomic E-state index is 13.1. The van der Waals surface area contributed by atoms with E-state index in [2.05, 4.69) is 0 Å². The minimum atomic E-state index is -3.71. The maximum atomic E-state index is 13.1. The Balaban J connectivity index is 2.05. The molecule has 1 aromatic heterocycles. The van der Waals surface area contributed by atoms with Gasteiger partial charge in [0, 0.05) is 11.6 Å². The van der Waals surface area contributed by atoms with E-state index in [4.69, 9.17) is 4.74 Å². The summed E-state index contributed by atoms with van der Waals surface area (Å²) >= 11 is 0. The van der Waals surface area contributed by atoms with E-state index in [1.54, 1.807) is 36.4 Å². The lowest BCUT2D eigenvalue weighted by Crippen LogP contribution is -2.36. The topological polar surface area (TPSA) is 85.7 Å². The zero-order valence-electron chi connectivity index (χ0n) is 16.7. The number of aromatic nitrogens is 1. The predicted octanol–water partition coefficient (Wildman–Crippen LogP) is 3.15. The Morgan fingerprint density at radius 3 is 2.38 bits per heavy atom. The van der Waals surface area contributed by atoms with Crippen LogP contribution in [0.1, 0.15) is 26.3 Å². The van der Waals surface area contributed by atoms with Crippen molar-refractivity contribution in [1.82, 2.24) is 4.57 Å². The van der Waals surface area contributed by atoms with Crippen LogP contribution in [-0.2, 0) is 14.8 Å². The van der Waals surface area contributed by atoms with Crippen molar-refractivity contribution in [1.29, 1.82) is 0 Å². The van der Waals surface area contributed by atoms with Gasteiger partial charge in [0.15, 0.2) is 0 Å². The normalized spacial score (nSPS) is 11.4. The molecule has 29 heavy (non-hydrogen) atoms. The highest BCUT2D eigenvalue weighted by Crippen LogP contribution is 2.24. The lowest BCUT2D eigenvalue weighted by atomic mass is 10.1. The maximum Gasteiger partial charge on any atom is 0.340 e. The Hall–Kier alpha value is -3.13. The van der Waals surface area contributed by atoms with Gasteiger partial charge in [0.1, 0.15) is 6.54 Å². The highest BCUT2D eigenvalue weighted by atomic mass is 32.2. The summed E-state index contributed by atoms with van der Waals surface area (Å²) in [7, 11) is -2.45. The van der Waals surface area contributed by atoms with E-state index in [1.165, 1.54) is 17.9 Å². The van der Waals surface area contributed by atoms with Crippen LogP contribution < -0.4 is 4.31 Å². The highest BCUT2D eigenvalue weighted by molar-refractivity contribution is 7.92. The first kappa shape index (κ1) is 20.6. The number of para-hydroxylation sites is 1. The SMILES string of the molecule is COC(=O)c1cn(C(=O)CN(c2ccc(C)c(C)c2)S(C)(=O)=O)c2ccccc12. The number of sulfonamides is 1. The van der Waals surface area contributed by atoms with Crippen molar-refractivity contribution in [3.63, 3.8) is 0 Å². The smallest absolute Gasteiger partial charge is 0.340 e. The van der Waals surface area contributed by atoms with Crippen LogP contribution in [0.5, 0.6) is 0 Å². The minimum Gasteiger partial charge on any atom is -0.465 e. The van der Waals surface area contributed by atoms with Crippen LogP contribution >= 0.6 is 0 Å². The molecule has 0 unspecified atom stereocenters. The molecule has 0 N–H and O–H groups in total. The first-order chi connectivity index (χ1) is 13.6. The minimum absolute atomic E-state index is 0.244. The molecule has 152 valence electrons. The first-order valence-electron chi connectivity index (χ1n) is 8.90. The fourth-order valence-corrected chi connectivity index (χ4v) is 3.98. The summed E-state index contributed by atoms with van der Waals surface area (Å²) in [5.41, 5.74) is 3.10. The molecule has 3 aromatic rings. The molecule has 8 heteroatoms. The number of hydrogen-bond donors (Lipinski definition) is 0. The van der Waals surface area contributed by atoms with Gasteiger partial charge in [-0.25, -0.2) is 13.2 Å². The summed E-state index contributed by atoms with van der Waals surface area (Å²) in [5, 5.41) is 0.560. The van der Waals surface area contributed by atoms with E-state index in [9.17, 15) is 18.0 Å². The highest BCUT2D eigenvalue weighted by Gasteiger charge is 2.24. The molecule has 0 saturated carbocycles. The number of benzene rings is 2. The van der Waals surface area contributed by atoms with Crippen LogP contribution in [0.3, 0.4) is 0 Å². The summed E-state index contributed by atoms with van der Waals surface area (Å²) < 4.78 is 32.0. The summed E-state index contributed by atoms with van der Waals surface area (Å²) in [6.07, 6.45) is 2.45. The number of rotatable bonds is 5. The van der Waals surface area contributed by atoms with Gasteiger partial charge in [0.05, 0.1) is 30.1 Å². The number of esters is 1. The molecule has 0 aliphatic heterocycles. The lowest BCUT2D eigenvalue weighted by molar-refractivity contribution is 0.0603. The predicted molar refractivity (Wildman–Crippen MR) is 112 cm³/mol. The molecule has 2 aromatic carbocycles. The Kier molecular flexibility index (Phi) is 5.48. The molecule has 0 atom stereocenters. The standard InChI is InChI=1S/C21H22N2O5S/c1-14-9-10-16(11-15(14)2)23(29(4,26)27)13-20(24)22-12-18(21(25)28-3)17-7-5-6-8-19(17)22/h5-12H,13H2,1-4H3. The van der Waals surface area contributed by atoms with Gasteiger partial charge in [-0.15, -0.1) is 0 Å². The molecule has 0 radical (unpaired) electrons. The van der Waals surface area contributed by atoms with E-state index in [1.807, 2.05) is 19.9 Å². The largest absolute Gasteiger partial charge is 0.465 e. The van der Waals surface area contributed by atoms with Gasteiger partial charge in [0.2, 0.25) is 10.0 Å². The van der Waals surface area contributed by atoms with Crippen LogP contribution in [0.2, 0.25) is 0 Å². The summed E-state index contributed by atoms with van der Waals surface area (Å²) in [4.78, 5) is 25.2. The van der Waals surface area contributed by atoms with Crippen LogP contribution in [-0.4, -0.2) is 44.8 Å². The molecule has 7 nitrogen and oxygen atoms in total. The van der Waals surface area contributed by atoms with Crippen molar-refractivity contribution < 1.29 is 22.7 Å². The average molecular weight is 414 g/mol. The molecule has 0 fully saturated rings. The fourth-order valence-electron chi connectivity index (χ4n) is 3.14. The Morgan fingerprint density at radius 2 is 1.76 bits per heavy atom. The van der Waals surface area contributed by atoms with Crippen molar-refractivity contribution in [2.45, 2.75) is 13.8 Å². The van der Waals surface area contributed by atoms with E-state index in [0.717, 1.165) is 21.7 Å². The third kappa shape index (κ3) is 4.02.